The Morgan fingerprint density at radius 1 is 1.35 bits per heavy atom. The lowest BCUT2D eigenvalue weighted by Gasteiger charge is -2.37. The van der Waals surface area contributed by atoms with Crippen LogP contribution in [0.2, 0.25) is 5.02 Å². The zero-order valence-corrected chi connectivity index (χ0v) is 15.3. The molecule has 0 unspecified atom stereocenters. The topological polar surface area (TPSA) is 32.3 Å². The Morgan fingerprint density at radius 2 is 2.04 bits per heavy atom. The van der Waals surface area contributed by atoms with Crippen molar-refractivity contribution >= 4 is 17.5 Å². The molecule has 1 aromatic rings. The fraction of sp³-hybridized carbons (Fsp3) is 0.632. The summed E-state index contributed by atoms with van der Waals surface area (Å²) in [7, 11) is 0. The molecule has 1 heterocycles. The van der Waals surface area contributed by atoms with Crippen molar-refractivity contribution < 1.29 is 4.79 Å². The number of nitrogens with zero attached hydrogens (tertiary/aromatic N) is 1. The minimum Gasteiger partial charge on any atom is -0.342 e. The van der Waals surface area contributed by atoms with Crippen molar-refractivity contribution in [2.24, 2.45) is 11.3 Å². The fourth-order valence-corrected chi connectivity index (χ4v) is 3.56. The molecule has 1 N–H and O–H groups in total. The first-order valence-electron chi connectivity index (χ1n) is 8.67. The molecule has 1 amide bonds. The van der Waals surface area contributed by atoms with Crippen molar-refractivity contribution in [2.75, 3.05) is 26.2 Å². The lowest BCUT2D eigenvalue weighted by molar-refractivity contribution is -0.141. The molecule has 0 saturated carbocycles. The van der Waals surface area contributed by atoms with Crippen molar-refractivity contribution in [3.8, 4) is 0 Å². The summed E-state index contributed by atoms with van der Waals surface area (Å²) in [4.78, 5) is 15.0. The second-order valence-electron chi connectivity index (χ2n) is 7.23. The summed E-state index contributed by atoms with van der Waals surface area (Å²) in [6.07, 6.45) is 2.93. The van der Waals surface area contributed by atoms with Gasteiger partial charge in [-0.25, -0.2) is 0 Å². The molecule has 1 aromatic carbocycles. The monoisotopic (exact) mass is 336 g/mol. The van der Waals surface area contributed by atoms with Gasteiger partial charge in [0, 0.05) is 23.5 Å². The van der Waals surface area contributed by atoms with E-state index in [1.165, 1.54) is 0 Å². The van der Waals surface area contributed by atoms with E-state index in [0.717, 1.165) is 56.0 Å². The zero-order chi connectivity index (χ0) is 16.9. The van der Waals surface area contributed by atoms with Crippen molar-refractivity contribution in [1.29, 1.82) is 0 Å². The summed E-state index contributed by atoms with van der Waals surface area (Å²) in [5, 5.41) is 4.15. The molecule has 1 fully saturated rings. The minimum absolute atomic E-state index is 0.263. The van der Waals surface area contributed by atoms with Crippen LogP contribution in [0.5, 0.6) is 0 Å². The van der Waals surface area contributed by atoms with E-state index >= 15 is 0 Å². The highest BCUT2D eigenvalue weighted by Crippen LogP contribution is 2.28. The summed E-state index contributed by atoms with van der Waals surface area (Å²) in [6, 6.07) is 7.82. The molecule has 23 heavy (non-hydrogen) atoms. The molecule has 0 radical (unpaired) electrons. The molecule has 0 aromatic heterocycles. The molecule has 128 valence electrons. The van der Waals surface area contributed by atoms with Crippen LogP contribution in [-0.2, 0) is 11.2 Å². The van der Waals surface area contributed by atoms with E-state index in [0.29, 0.717) is 5.92 Å². The zero-order valence-electron chi connectivity index (χ0n) is 14.6. The number of hydrogen-bond donors (Lipinski definition) is 1. The van der Waals surface area contributed by atoms with Crippen molar-refractivity contribution in [3.05, 3.63) is 34.9 Å². The van der Waals surface area contributed by atoms with Gasteiger partial charge < -0.3 is 10.2 Å². The molecule has 0 atom stereocenters. The van der Waals surface area contributed by atoms with E-state index in [1.54, 1.807) is 0 Å². The highest BCUT2D eigenvalue weighted by atomic mass is 35.5. The normalized spacial score (nSPS) is 16.6. The quantitative estimate of drug-likeness (QED) is 0.858. The molecule has 1 saturated heterocycles. The lowest BCUT2D eigenvalue weighted by Crippen LogP contribution is -2.47. The summed E-state index contributed by atoms with van der Waals surface area (Å²) in [5.41, 5.74) is 0.733. The van der Waals surface area contributed by atoms with E-state index < -0.39 is 0 Å². The van der Waals surface area contributed by atoms with Crippen LogP contribution in [0.4, 0.5) is 0 Å². The van der Waals surface area contributed by atoms with Gasteiger partial charge in [0.15, 0.2) is 0 Å². The fourth-order valence-electron chi connectivity index (χ4n) is 3.35. The van der Waals surface area contributed by atoms with Gasteiger partial charge >= 0.3 is 0 Å². The van der Waals surface area contributed by atoms with Gasteiger partial charge in [-0.2, -0.15) is 0 Å². The number of benzene rings is 1. The minimum atomic E-state index is -0.390. The summed E-state index contributed by atoms with van der Waals surface area (Å²) < 4.78 is 0. The van der Waals surface area contributed by atoms with Crippen molar-refractivity contribution in [3.63, 3.8) is 0 Å². The first-order valence-corrected chi connectivity index (χ1v) is 9.04. The Kier molecular flexibility index (Phi) is 6.49. The Morgan fingerprint density at radius 3 is 2.65 bits per heavy atom. The molecule has 3 nitrogen and oxygen atoms in total. The van der Waals surface area contributed by atoms with Gasteiger partial charge in [-0.15, -0.1) is 0 Å². The lowest BCUT2D eigenvalue weighted by atomic mass is 9.83. The number of amides is 1. The second kappa shape index (κ2) is 8.16. The predicted molar refractivity (Wildman–Crippen MR) is 96.8 cm³/mol. The maximum atomic E-state index is 12.9. The molecule has 1 aliphatic rings. The Labute approximate surface area is 145 Å². The van der Waals surface area contributed by atoms with Crippen molar-refractivity contribution in [1.82, 2.24) is 10.2 Å². The van der Waals surface area contributed by atoms with Crippen LogP contribution in [0.15, 0.2) is 24.3 Å². The van der Waals surface area contributed by atoms with Gasteiger partial charge in [-0.1, -0.05) is 44.5 Å². The number of nitrogens with one attached hydrogen (secondary N) is 1. The number of piperidine rings is 1. The van der Waals surface area contributed by atoms with E-state index in [2.05, 4.69) is 12.2 Å². The van der Waals surface area contributed by atoms with Gasteiger partial charge in [-0.3, -0.25) is 4.79 Å². The first-order chi connectivity index (χ1) is 10.9. The number of carbonyl (C=O) groups is 1. The van der Waals surface area contributed by atoms with Crippen LogP contribution in [-0.4, -0.2) is 37.0 Å². The molecule has 0 bridgehead atoms. The third kappa shape index (κ3) is 5.22. The molecule has 0 spiro atoms. The Bertz CT molecular complexity index is 522. The molecule has 1 aliphatic heterocycles. The molecule has 4 heteroatoms. The number of rotatable bonds is 6. The van der Waals surface area contributed by atoms with Crippen molar-refractivity contribution in [2.45, 2.75) is 40.0 Å². The van der Waals surface area contributed by atoms with Crippen LogP contribution >= 0.6 is 11.6 Å². The highest BCUT2D eigenvalue weighted by Gasteiger charge is 2.34. The van der Waals surface area contributed by atoms with Crippen LogP contribution in [0, 0.1) is 11.3 Å². The van der Waals surface area contributed by atoms with Crippen LogP contribution in [0.25, 0.3) is 0 Å². The second-order valence-corrected chi connectivity index (χ2v) is 7.67. The molecule has 0 aliphatic carbocycles. The standard InChI is InChI=1S/C19H29ClN2O/c1-4-21-14-15-8-10-22(11-9-15)18(23)19(2,3)13-16-6-5-7-17(20)12-16/h5-7,12,15,21H,4,8-11,13-14H2,1-3H3. The number of likely N-dealkylation sites (tertiary alicyclic amines) is 1. The average molecular weight is 337 g/mol. The molecule has 2 rings (SSSR count). The van der Waals surface area contributed by atoms with E-state index in [-0.39, 0.29) is 11.3 Å². The van der Waals surface area contributed by atoms with E-state index in [1.807, 2.05) is 43.0 Å². The number of halogens is 1. The van der Waals surface area contributed by atoms with Crippen LogP contribution in [0.3, 0.4) is 0 Å². The van der Waals surface area contributed by atoms with Crippen LogP contribution < -0.4 is 5.32 Å². The number of hydrogen-bond acceptors (Lipinski definition) is 2. The largest absolute Gasteiger partial charge is 0.342 e. The van der Waals surface area contributed by atoms with Crippen LogP contribution in [0.1, 0.15) is 39.2 Å². The summed E-state index contributed by atoms with van der Waals surface area (Å²) >= 11 is 6.06. The third-order valence-electron chi connectivity index (χ3n) is 4.70. The predicted octanol–water partition coefficient (Wildman–Crippen LogP) is 3.76. The van der Waals surface area contributed by atoms with Gasteiger partial charge in [0.25, 0.3) is 0 Å². The van der Waals surface area contributed by atoms with Gasteiger partial charge in [0.1, 0.15) is 0 Å². The maximum Gasteiger partial charge on any atom is 0.228 e. The highest BCUT2D eigenvalue weighted by molar-refractivity contribution is 6.30. The van der Waals surface area contributed by atoms with Gasteiger partial charge in [-0.05, 0) is 56.0 Å². The average Bonchev–Trinajstić information content (AvgIpc) is 2.52. The molecular formula is C19H29ClN2O. The number of carbonyl (C=O) groups excluding carboxylic acids is 1. The van der Waals surface area contributed by atoms with Gasteiger partial charge in [0.05, 0.1) is 0 Å². The van der Waals surface area contributed by atoms with E-state index in [4.69, 9.17) is 11.6 Å². The van der Waals surface area contributed by atoms with E-state index in [9.17, 15) is 4.79 Å². The smallest absolute Gasteiger partial charge is 0.228 e. The van der Waals surface area contributed by atoms with Gasteiger partial charge in [0.2, 0.25) is 5.91 Å². The first kappa shape index (κ1) is 18.3. The third-order valence-corrected chi connectivity index (χ3v) is 4.93. The Balaban J connectivity index is 1.91. The summed E-state index contributed by atoms with van der Waals surface area (Å²) in [5.74, 6) is 0.967. The SMILES string of the molecule is CCNCC1CCN(C(=O)C(C)(C)Cc2cccc(Cl)c2)CC1. The molecular weight excluding hydrogens is 308 g/mol. The summed E-state index contributed by atoms with van der Waals surface area (Å²) in [6.45, 7) is 10.1. The Hall–Kier alpha value is -1.06. The maximum absolute atomic E-state index is 12.9.